The van der Waals surface area contributed by atoms with E-state index in [4.69, 9.17) is 21.1 Å². The number of H-pyrrole nitrogens is 1. The van der Waals surface area contributed by atoms with Gasteiger partial charge in [0.25, 0.3) is 0 Å². The first-order chi connectivity index (χ1) is 9.67. The Labute approximate surface area is 120 Å². The molecular weight excluding hydrogens is 284 g/mol. The minimum absolute atomic E-state index is 0.162. The Morgan fingerprint density at radius 3 is 3.05 bits per heavy atom. The largest absolute Gasteiger partial charge is 0.493 e. The first kappa shape index (κ1) is 14.1. The molecule has 0 bridgehead atoms. The predicted molar refractivity (Wildman–Crippen MR) is 73.1 cm³/mol. The average molecular weight is 297 g/mol. The van der Waals surface area contributed by atoms with Crippen molar-refractivity contribution in [3.05, 3.63) is 29.3 Å². The number of rotatable bonds is 6. The lowest BCUT2D eigenvalue weighted by Crippen LogP contribution is -2.16. The monoisotopic (exact) mass is 296 g/mol. The van der Waals surface area contributed by atoms with Crippen LogP contribution in [0.1, 0.15) is 6.42 Å². The second-order valence-electron chi connectivity index (χ2n) is 3.77. The van der Waals surface area contributed by atoms with E-state index in [1.807, 2.05) is 0 Å². The topological polar surface area (TPSA) is 89.1 Å². The van der Waals surface area contributed by atoms with Gasteiger partial charge in [0.15, 0.2) is 0 Å². The highest BCUT2D eigenvalue weighted by Gasteiger charge is 2.07. The van der Waals surface area contributed by atoms with Gasteiger partial charge >= 0.3 is 6.01 Å². The molecule has 0 spiro atoms. The molecule has 1 amide bonds. The molecule has 0 saturated heterocycles. The number of ether oxygens (including phenoxy) is 2. The molecule has 20 heavy (non-hydrogen) atoms. The van der Waals surface area contributed by atoms with Gasteiger partial charge in [-0.2, -0.15) is 4.98 Å². The molecule has 1 aromatic heterocycles. The zero-order valence-electron chi connectivity index (χ0n) is 10.7. The van der Waals surface area contributed by atoms with Gasteiger partial charge in [-0.1, -0.05) is 17.7 Å². The van der Waals surface area contributed by atoms with Crippen LogP contribution >= 0.6 is 11.6 Å². The number of aromatic amines is 1. The summed E-state index contributed by atoms with van der Waals surface area (Å²) < 4.78 is 10.2. The summed E-state index contributed by atoms with van der Waals surface area (Å²) in [4.78, 5) is 15.5. The molecular formula is C12H13ClN4O3. The number of nitrogens with one attached hydrogen (secondary N) is 2. The lowest BCUT2D eigenvalue weighted by Gasteiger charge is -2.05. The molecule has 0 fully saturated rings. The average Bonchev–Trinajstić information content (AvgIpc) is 2.86. The van der Waals surface area contributed by atoms with Crippen LogP contribution in [-0.4, -0.2) is 34.8 Å². The number of halogens is 1. The molecule has 1 aromatic carbocycles. The maximum Gasteiger partial charge on any atom is 0.336 e. The minimum atomic E-state index is -0.245. The van der Waals surface area contributed by atoms with Gasteiger partial charge in [0, 0.05) is 5.02 Å². The van der Waals surface area contributed by atoms with Gasteiger partial charge in [0.2, 0.25) is 11.9 Å². The fraction of sp³-hybridized carbons (Fsp3) is 0.250. The lowest BCUT2D eigenvalue weighted by atomic mass is 10.3. The normalized spacial score (nSPS) is 10.1. The number of methoxy groups -OCH3 is 1. The van der Waals surface area contributed by atoms with Crippen LogP contribution in [0.2, 0.25) is 5.02 Å². The third-order valence-corrected chi connectivity index (χ3v) is 2.53. The van der Waals surface area contributed by atoms with Crippen molar-refractivity contribution >= 4 is 23.5 Å². The smallest absolute Gasteiger partial charge is 0.336 e. The molecule has 0 radical (unpaired) electrons. The summed E-state index contributed by atoms with van der Waals surface area (Å²) in [5.41, 5.74) is 0. The fourth-order valence-corrected chi connectivity index (χ4v) is 1.59. The van der Waals surface area contributed by atoms with Crippen molar-refractivity contribution in [3.8, 4) is 11.8 Å². The number of carbonyl (C=O) groups excluding carboxylic acids is 1. The first-order valence-electron chi connectivity index (χ1n) is 5.82. The molecule has 0 atom stereocenters. The fourth-order valence-electron chi connectivity index (χ4n) is 1.41. The van der Waals surface area contributed by atoms with E-state index in [2.05, 4.69) is 20.5 Å². The lowest BCUT2D eigenvalue weighted by molar-refractivity contribution is -0.116. The van der Waals surface area contributed by atoms with Gasteiger partial charge in [-0.15, -0.1) is 5.10 Å². The maximum absolute atomic E-state index is 11.6. The van der Waals surface area contributed by atoms with Crippen LogP contribution in [-0.2, 0) is 4.79 Å². The Hall–Kier alpha value is -2.28. The van der Waals surface area contributed by atoms with Crippen LogP contribution in [0.5, 0.6) is 11.8 Å². The molecule has 2 N–H and O–H groups in total. The second-order valence-corrected chi connectivity index (χ2v) is 4.21. The highest BCUT2D eigenvalue weighted by molar-refractivity contribution is 6.30. The number of nitrogens with zero attached hydrogens (tertiary/aromatic N) is 2. The first-order valence-corrected chi connectivity index (χ1v) is 6.20. The molecule has 2 aromatic rings. The molecule has 0 unspecified atom stereocenters. The molecule has 0 saturated carbocycles. The second kappa shape index (κ2) is 6.76. The number of aromatic nitrogens is 3. The van der Waals surface area contributed by atoms with E-state index in [-0.39, 0.29) is 30.9 Å². The van der Waals surface area contributed by atoms with Gasteiger partial charge in [-0.3, -0.25) is 10.1 Å². The molecule has 0 aliphatic carbocycles. The Morgan fingerprint density at radius 2 is 2.35 bits per heavy atom. The van der Waals surface area contributed by atoms with E-state index in [0.717, 1.165) is 0 Å². The summed E-state index contributed by atoms with van der Waals surface area (Å²) in [6.45, 7) is 0.234. The van der Waals surface area contributed by atoms with Gasteiger partial charge in [-0.25, -0.2) is 5.10 Å². The predicted octanol–water partition coefficient (Wildman–Crippen LogP) is 1.87. The van der Waals surface area contributed by atoms with Crippen LogP contribution in [0.4, 0.5) is 5.95 Å². The maximum atomic E-state index is 11.6. The van der Waals surface area contributed by atoms with Crippen molar-refractivity contribution in [2.45, 2.75) is 6.42 Å². The van der Waals surface area contributed by atoms with E-state index in [9.17, 15) is 4.79 Å². The Balaban J connectivity index is 1.75. The van der Waals surface area contributed by atoms with Crippen molar-refractivity contribution in [1.82, 2.24) is 15.2 Å². The molecule has 0 aliphatic heterocycles. The van der Waals surface area contributed by atoms with Gasteiger partial charge in [-0.05, 0) is 18.2 Å². The van der Waals surface area contributed by atoms with Crippen molar-refractivity contribution < 1.29 is 14.3 Å². The quantitative estimate of drug-likeness (QED) is 0.849. The number of benzene rings is 1. The SMILES string of the molecule is COc1n[nH]c(NC(=O)CCOc2cccc(Cl)c2)n1. The Morgan fingerprint density at radius 1 is 1.50 bits per heavy atom. The number of anilines is 1. The van der Waals surface area contributed by atoms with Gasteiger partial charge in [0.1, 0.15) is 5.75 Å². The summed E-state index contributed by atoms with van der Waals surface area (Å²) in [7, 11) is 1.44. The third kappa shape index (κ3) is 4.13. The molecule has 106 valence electrons. The van der Waals surface area contributed by atoms with Crippen LogP contribution in [0.15, 0.2) is 24.3 Å². The van der Waals surface area contributed by atoms with E-state index in [1.165, 1.54) is 7.11 Å². The van der Waals surface area contributed by atoms with E-state index < -0.39 is 0 Å². The van der Waals surface area contributed by atoms with E-state index >= 15 is 0 Å². The number of hydrogen-bond donors (Lipinski definition) is 2. The Kier molecular flexibility index (Phi) is 4.78. The number of carbonyl (C=O) groups is 1. The van der Waals surface area contributed by atoms with Crippen LogP contribution in [0, 0.1) is 0 Å². The van der Waals surface area contributed by atoms with Crippen molar-refractivity contribution in [1.29, 1.82) is 0 Å². The van der Waals surface area contributed by atoms with Gasteiger partial charge in [0.05, 0.1) is 20.1 Å². The third-order valence-electron chi connectivity index (χ3n) is 2.30. The van der Waals surface area contributed by atoms with Gasteiger partial charge < -0.3 is 9.47 Å². The zero-order chi connectivity index (χ0) is 14.4. The highest BCUT2D eigenvalue weighted by Crippen LogP contribution is 2.17. The molecule has 8 heteroatoms. The standard InChI is InChI=1S/C12H13ClN4O3/c1-19-12-15-11(16-17-12)14-10(18)5-6-20-9-4-2-3-8(13)7-9/h2-4,7H,5-6H2,1H3,(H2,14,15,16,17,18). The summed E-state index contributed by atoms with van der Waals surface area (Å²) in [6, 6.07) is 7.14. The van der Waals surface area contributed by atoms with Crippen LogP contribution < -0.4 is 14.8 Å². The van der Waals surface area contributed by atoms with Crippen molar-refractivity contribution in [3.63, 3.8) is 0 Å². The Bertz CT molecular complexity index is 588. The van der Waals surface area contributed by atoms with E-state index in [0.29, 0.717) is 10.8 Å². The van der Waals surface area contributed by atoms with E-state index in [1.54, 1.807) is 24.3 Å². The number of amides is 1. The molecule has 1 heterocycles. The zero-order valence-corrected chi connectivity index (χ0v) is 11.5. The van der Waals surface area contributed by atoms with Crippen molar-refractivity contribution in [2.75, 3.05) is 19.0 Å². The number of hydrogen-bond acceptors (Lipinski definition) is 5. The summed E-state index contributed by atoms with van der Waals surface area (Å²) >= 11 is 5.82. The molecule has 2 rings (SSSR count). The minimum Gasteiger partial charge on any atom is -0.493 e. The van der Waals surface area contributed by atoms with Crippen molar-refractivity contribution in [2.24, 2.45) is 0 Å². The van der Waals surface area contributed by atoms with Crippen LogP contribution in [0.3, 0.4) is 0 Å². The summed E-state index contributed by atoms with van der Waals surface area (Å²) in [6.07, 6.45) is 0.176. The summed E-state index contributed by atoms with van der Waals surface area (Å²) in [5.74, 6) is 0.604. The van der Waals surface area contributed by atoms with Crippen LogP contribution in [0.25, 0.3) is 0 Å². The highest BCUT2D eigenvalue weighted by atomic mass is 35.5. The summed E-state index contributed by atoms with van der Waals surface area (Å²) in [5, 5.41) is 9.36. The molecule has 0 aliphatic rings. The molecule has 7 nitrogen and oxygen atoms in total.